The first-order valence-corrected chi connectivity index (χ1v) is 7.02. The molecule has 2 N–H and O–H groups in total. The van der Waals surface area contributed by atoms with Crippen LogP contribution in [-0.2, 0) is 0 Å². The second kappa shape index (κ2) is 5.71. The van der Waals surface area contributed by atoms with Gasteiger partial charge in [-0.2, -0.15) is 0 Å². The third kappa shape index (κ3) is 3.33. The number of aromatic amines is 1. The minimum atomic E-state index is -0.372. The van der Waals surface area contributed by atoms with Crippen LogP contribution in [0.5, 0.6) is 0 Å². The number of carbonyl (C=O) groups is 1. The third-order valence-electron chi connectivity index (χ3n) is 2.44. The van der Waals surface area contributed by atoms with Gasteiger partial charge in [0.15, 0.2) is 0 Å². The number of benzene rings is 1. The molecule has 0 spiro atoms. The Labute approximate surface area is 126 Å². The highest BCUT2D eigenvalue weighted by Crippen LogP contribution is 2.32. The molecule has 6 heteroatoms. The molecule has 19 heavy (non-hydrogen) atoms. The van der Waals surface area contributed by atoms with Crippen molar-refractivity contribution in [1.29, 1.82) is 0 Å². The van der Waals surface area contributed by atoms with Crippen LogP contribution in [0.4, 0.5) is 5.69 Å². The molecule has 0 radical (unpaired) electrons. The number of H-pyrrole nitrogens is 1. The first-order chi connectivity index (χ1) is 8.97. The van der Waals surface area contributed by atoms with Crippen molar-refractivity contribution in [2.24, 2.45) is 0 Å². The van der Waals surface area contributed by atoms with E-state index in [1.807, 2.05) is 19.1 Å². The van der Waals surface area contributed by atoms with Gasteiger partial charge in [0, 0.05) is 15.0 Å². The van der Waals surface area contributed by atoms with Crippen molar-refractivity contribution < 1.29 is 4.79 Å². The zero-order valence-electron chi connectivity index (χ0n) is 9.96. The van der Waals surface area contributed by atoms with Crippen LogP contribution >= 0.6 is 31.9 Å². The number of carbonyl (C=O) groups excluding carboxylic acids is 1. The first-order valence-electron chi connectivity index (χ1n) is 5.43. The largest absolute Gasteiger partial charge is 0.319 e. The van der Waals surface area contributed by atoms with Crippen molar-refractivity contribution >= 4 is 43.5 Å². The van der Waals surface area contributed by atoms with E-state index in [9.17, 15) is 9.59 Å². The molecule has 0 aliphatic rings. The molecule has 1 aromatic carbocycles. The molecule has 4 nitrogen and oxygen atoms in total. The fourth-order valence-corrected chi connectivity index (χ4v) is 3.19. The van der Waals surface area contributed by atoms with Crippen molar-refractivity contribution in [2.45, 2.75) is 6.92 Å². The summed E-state index contributed by atoms with van der Waals surface area (Å²) in [7, 11) is 0. The second-order valence-electron chi connectivity index (χ2n) is 3.99. The van der Waals surface area contributed by atoms with Crippen LogP contribution in [0.3, 0.4) is 0 Å². The number of hydrogen-bond acceptors (Lipinski definition) is 2. The molecule has 2 rings (SSSR count). The highest BCUT2D eigenvalue weighted by molar-refractivity contribution is 9.11. The Hall–Kier alpha value is -1.40. The Morgan fingerprint density at radius 3 is 2.42 bits per heavy atom. The Morgan fingerprint density at radius 2 is 1.84 bits per heavy atom. The molecular weight excluding hydrogens is 376 g/mol. The normalized spacial score (nSPS) is 10.3. The molecule has 2 aromatic rings. The molecule has 0 unspecified atom stereocenters. The Balaban J connectivity index is 2.32. The standard InChI is InChI=1S/C13H10Br2N2O2/c1-7-5-8(14)12(9(15)6-7)17-13(19)10-3-2-4-11(18)16-10/h2-6H,1H3,(H,16,18)(H,17,19). The van der Waals surface area contributed by atoms with Crippen LogP contribution in [0.15, 0.2) is 44.1 Å². The molecule has 0 bridgehead atoms. The van der Waals surface area contributed by atoms with E-state index < -0.39 is 0 Å². The predicted molar refractivity (Wildman–Crippen MR) is 81.6 cm³/mol. The number of aromatic nitrogens is 1. The van der Waals surface area contributed by atoms with Gasteiger partial charge in [-0.05, 0) is 62.5 Å². The average molecular weight is 386 g/mol. The molecule has 0 atom stereocenters. The molecular formula is C13H10Br2N2O2. The lowest BCUT2D eigenvalue weighted by atomic mass is 10.2. The van der Waals surface area contributed by atoms with Gasteiger partial charge in [0.05, 0.1) is 5.69 Å². The topological polar surface area (TPSA) is 62.0 Å². The first kappa shape index (κ1) is 14.0. The van der Waals surface area contributed by atoms with Gasteiger partial charge in [0.2, 0.25) is 5.56 Å². The molecule has 0 saturated heterocycles. The molecule has 0 aliphatic heterocycles. The van der Waals surface area contributed by atoms with Gasteiger partial charge >= 0.3 is 0 Å². The summed E-state index contributed by atoms with van der Waals surface area (Å²) in [5.74, 6) is -0.372. The number of nitrogens with one attached hydrogen (secondary N) is 2. The Morgan fingerprint density at radius 1 is 1.21 bits per heavy atom. The Kier molecular flexibility index (Phi) is 4.21. The molecule has 1 aromatic heterocycles. The molecule has 98 valence electrons. The van der Waals surface area contributed by atoms with E-state index in [1.165, 1.54) is 12.1 Å². The van der Waals surface area contributed by atoms with Crippen LogP contribution in [0, 0.1) is 6.92 Å². The average Bonchev–Trinajstić information content (AvgIpc) is 2.33. The number of rotatable bonds is 2. The summed E-state index contributed by atoms with van der Waals surface area (Å²) in [5.41, 5.74) is 1.59. The van der Waals surface area contributed by atoms with Gasteiger partial charge in [-0.3, -0.25) is 9.59 Å². The summed E-state index contributed by atoms with van der Waals surface area (Å²) >= 11 is 6.79. The lowest BCUT2D eigenvalue weighted by Gasteiger charge is -2.10. The fourth-order valence-electron chi connectivity index (χ4n) is 1.58. The number of aryl methyl sites for hydroxylation is 1. The number of anilines is 1. The zero-order valence-corrected chi connectivity index (χ0v) is 13.1. The van der Waals surface area contributed by atoms with Gasteiger partial charge in [-0.25, -0.2) is 0 Å². The van der Waals surface area contributed by atoms with E-state index in [-0.39, 0.29) is 17.2 Å². The maximum absolute atomic E-state index is 12.0. The maximum atomic E-state index is 12.0. The van der Waals surface area contributed by atoms with Crippen LogP contribution < -0.4 is 10.9 Å². The quantitative estimate of drug-likeness (QED) is 0.831. The number of pyridine rings is 1. The highest BCUT2D eigenvalue weighted by Gasteiger charge is 2.12. The zero-order chi connectivity index (χ0) is 14.0. The summed E-state index contributed by atoms with van der Waals surface area (Å²) in [4.78, 5) is 25.7. The van der Waals surface area contributed by atoms with Crippen molar-refractivity contribution in [3.8, 4) is 0 Å². The van der Waals surface area contributed by atoms with Crippen LogP contribution in [0.1, 0.15) is 16.1 Å². The molecule has 1 heterocycles. The monoisotopic (exact) mass is 384 g/mol. The van der Waals surface area contributed by atoms with Gasteiger partial charge < -0.3 is 10.3 Å². The summed E-state index contributed by atoms with van der Waals surface area (Å²) in [6, 6.07) is 8.23. The van der Waals surface area contributed by atoms with E-state index in [0.717, 1.165) is 14.5 Å². The minimum absolute atomic E-state index is 0.215. The van der Waals surface area contributed by atoms with Crippen molar-refractivity contribution in [2.75, 3.05) is 5.32 Å². The van der Waals surface area contributed by atoms with E-state index in [2.05, 4.69) is 42.2 Å². The van der Waals surface area contributed by atoms with Crippen molar-refractivity contribution in [1.82, 2.24) is 4.98 Å². The molecule has 0 fully saturated rings. The highest BCUT2D eigenvalue weighted by atomic mass is 79.9. The summed E-state index contributed by atoms with van der Waals surface area (Å²) in [6.45, 7) is 1.95. The Bertz CT molecular complexity index is 672. The summed E-state index contributed by atoms with van der Waals surface area (Å²) in [5, 5.41) is 2.75. The van der Waals surface area contributed by atoms with E-state index in [4.69, 9.17) is 0 Å². The van der Waals surface area contributed by atoms with E-state index in [1.54, 1.807) is 6.07 Å². The summed E-state index contributed by atoms with van der Waals surface area (Å²) in [6.07, 6.45) is 0. The fraction of sp³-hybridized carbons (Fsp3) is 0.0769. The molecule has 0 aliphatic carbocycles. The van der Waals surface area contributed by atoms with Gasteiger partial charge in [0.25, 0.3) is 5.91 Å². The van der Waals surface area contributed by atoms with Gasteiger partial charge in [0.1, 0.15) is 5.69 Å². The lowest BCUT2D eigenvalue weighted by molar-refractivity contribution is 0.102. The van der Waals surface area contributed by atoms with E-state index >= 15 is 0 Å². The van der Waals surface area contributed by atoms with E-state index in [0.29, 0.717) is 5.69 Å². The molecule has 1 amide bonds. The maximum Gasteiger partial charge on any atom is 0.272 e. The van der Waals surface area contributed by atoms with Crippen molar-refractivity contribution in [3.63, 3.8) is 0 Å². The number of halogens is 2. The van der Waals surface area contributed by atoms with Crippen LogP contribution in [0.2, 0.25) is 0 Å². The predicted octanol–water partition coefficient (Wildman–Crippen LogP) is 3.46. The van der Waals surface area contributed by atoms with Gasteiger partial charge in [-0.1, -0.05) is 6.07 Å². The SMILES string of the molecule is Cc1cc(Br)c(NC(=O)c2cccc(=O)[nH]2)c(Br)c1. The van der Waals surface area contributed by atoms with Crippen LogP contribution in [-0.4, -0.2) is 10.9 Å². The minimum Gasteiger partial charge on any atom is -0.319 e. The third-order valence-corrected chi connectivity index (χ3v) is 3.69. The number of amides is 1. The van der Waals surface area contributed by atoms with Gasteiger partial charge in [-0.15, -0.1) is 0 Å². The second-order valence-corrected chi connectivity index (χ2v) is 5.70. The number of hydrogen-bond donors (Lipinski definition) is 2. The molecule has 0 saturated carbocycles. The van der Waals surface area contributed by atoms with Crippen molar-refractivity contribution in [3.05, 3.63) is 60.9 Å². The summed E-state index contributed by atoms with van der Waals surface area (Å²) < 4.78 is 1.54. The smallest absolute Gasteiger partial charge is 0.272 e. The lowest BCUT2D eigenvalue weighted by Crippen LogP contribution is -2.18. The van der Waals surface area contributed by atoms with Crippen LogP contribution in [0.25, 0.3) is 0 Å².